The topological polar surface area (TPSA) is 80.4 Å². The normalized spacial score (nSPS) is 19.0. The number of hydrogen-bond donors (Lipinski definition) is 1. The number of likely N-dealkylation sites (tertiary alicyclic amines) is 1. The summed E-state index contributed by atoms with van der Waals surface area (Å²) in [5, 5.41) is 7.45. The van der Waals surface area contributed by atoms with Crippen molar-refractivity contribution in [3.05, 3.63) is 36.4 Å². The first-order chi connectivity index (χ1) is 12.7. The standard InChI is InChI=1S/C19H24N4O3/c24-18(21-17-5-9-20-23(17)16-3-1-2-4-16)14-6-10-22(11-7-14)19(25)15-8-12-26-13-15/h5,8-9,12-14,16H,1-4,6-7,10-11H2,(H,21,24). The van der Waals surface area contributed by atoms with Crippen LogP contribution in [-0.4, -0.2) is 39.6 Å². The number of nitrogens with zero attached hydrogens (tertiary/aromatic N) is 3. The SMILES string of the molecule is O=C(Nc1ccnn1C1CCCC1)C1CCN(C(=O)c2ccoc2)CC1. The first-order valence-corrected chi connectivity index (χ1v) is 9.38. The molecule has 1 N–H and O–H groups in total. The fraction of sp³-hybridized carbons (Fsp3) is 0.526. The summed E-state index contributed by atoms with van der Waals surface area (Å²) in [6.45, 7) is 1.17. The van der Waals surface area contributed by atoms with Gasteiger partial charge in [0, 0.05) is 25.1 Å². The maximum Gasteiger partial charge on any atom is 0.257 e. The lowest BCUT2D eigenvalue weighted by Gasteiger charge is -2.31. The molecule has 0 aromatic carbocycles. The van der Waals surface area contributed by atoms with Gasteiger partial charge in [-0.3, -0.25) is 9.59 Å². The summed E-state index contributed by atoms with van der Waals surface area (Å²) in [4.78, 5) is 26.8. The summed E-state index contributed by atoms with van der Waals surface area (Å²) in [5.41, 5.74) is 0.563. The molecule has 0 atom stereocenters. The number of aromatic nitrogens is 2. The van der Waals surface area contributed by atoms with Crippen LogP contribution in [0.25, 0.3) is 0 Å². The summed E-state index contributed by atoms with van der Waals surface area (Å²) in [7, 11) is 0. The van der Waals surface area contributed by atoms with Gasteiger partial charge in [0.1, 0.15) is 12.1 Å². The first-order valence-electron chi connectivity index (χ1n) is 9.38. The van der Waals surface area contributed by atoms with Gasteiger partial charge < -0.3 is 14.6 Å². The second-order valence-corrected chi connectivity index (χ2v) is 7.17. The highest BCUT2D eigenvalue weighted by molar-refractivity contribution is 5.94. The monoisotopic (exact) mass is 356 g/mol. The predicted octanol–water partition coefficient (Wildman–Crippen LogP) is 3.08. The van der Waals surface area contributed by atoms with Gasteiger partial charge in [0.25, 0.3) is 5.91 Å². The van der Waals surface area contributed by atoms with E-state index in [0.29, 0.717) is 37.5 Å². The molecular weight excluding hydrogens is 332 g/mol. The minimum absolute atomic E-state index is 0.0279. The van der Waals surface area contributed by atoms with E-state index in [1.807, 2.05) is 10.7 Å². The second kappa shape index (κ2) is 7.35. The van der Waals surface area contributed by atoms with Gasteiger partial charge in [0.2, 0.25) is 5.91 Å². The lowest BCUT2D eigenvalue weighted by atomic mass is 9.95. The van der Waals surface area contributed by atoms with E-state index in [2.05, 4.69) is 10.4 Å². The zero-order valence-corrected chi connectivity index (χ0v) is 14.8. The molecular formula is C19H24N4O3. The molecule has 7 nitrogen and oxygen atoms in total. The third-order valence-electron chi connectivity index (χ3n) is 5.51. The second-order valence-electron chi connectivity index (χ2n) is 7.17. The van der Waals surface area contributed by atoms with Gasteiger partial charge in [0.05, 0.1) is 24.1 Å². The molecule has 3 heterocycles. The molecule has 2 fully saturated rings. The van der Waals surface area contributed by atoms with Crippen LogP contribution in [0.3, 0.4) is 0 Å². The van der Waals surface area contributed by atoms with Gasteiger partial charge >= 0.3 is 0 Å². The molecule has 7 heteroatoms. The van der Waals surface area contributed by atoms with Crippen molar-refractivity contribution in [1.82, 2.24) is 14.7 Å². The Morgan fingerprint density at radius 1 is 1.12 bits per heavy atom. The van der Waals surface area contributed by atoms with Gasteiger partial charge in [-0.25, -0.2) is 4.68 Å². The van der Waals surface area contributed by atoms with Crippen LogP contribution >= 0.6 is 0 Å². The molecule has 2 amide bonds. The zero-order valence-electron chi connectivity index (χ0n) is 14.8. The molecule has 1 saturated heterocycles. The third kappa shape index (κ3) is 3.38. The van der Waals surface area contributed by atoms with Crippen LogP contribution in [0.5, 0.6) is 0 Å². The van der Waals surface area contributed by atoms with E-state index < -0.39 is 0 Å². The number of anilines is 1. The fourth-order valence-electron chi connectivity index (χ4n) is 3.99. The number of hydrogen-bond acceptors (Lipinski definition) is 4. The quantitative estimate of drug-likeness (QED) is 0.913. The van der Waals surface area contributed by atoms with E-state index in [0.717, 1.165) is 18.7 Å². The van der Waals surface area contributed by atoms with Gasteiger partial charge in [-0.15, -0.1) is 0 Å². The van der Waals surface area contributed by atoms with Crippen molar-refractivity contribution in [2.45, 2.75) is 44.6 Å². The Kier molecular flexibility index (Phi) is 4.77. The molecule has 2 aromatic rings. The Balaban J connectivity index is 1.33. The van der Waals surface area contributed by atoms with Gasteiger partial charge in [-0.1, -0.05) is 12.8 Å². The Bertz CT molecular complexity index is 754. The van der Waals surface area contributed by atoms with Crippen molar-refractivity contribution < 1.29 is 14.0 Å². The number of piperidine rings is 1. The molecule has 1 aliphatic heterocycles. The average molecular weight is 356 g/mol. The summed E-state index contributed by atoms with van der Waals surface area (Å²) in [6.07, 6.45) is 10.8. The molecule has 0 spiro atoms. The Morgan fingerprint density at radius 2 is 1.88 bits per heavy atom. The van der Waals surface area contributed by atoms with Crippen LogP contribution in [0.2, 0.25) is 0 Å². The van der Waals surface area contributed by atoms with Crippen molar-refractivity contribution in [3.63, 3.8) is 0 Å². The van der Waals surface area contributed by atoms with Crippen molar-refractivity contribution in [3.8, 4) is 0 Å². The van der Waals surface area contributed by atoms with Crippen molar-refractivity contribution in [2.24, 2.45) is 5.92 Å². The van der Waals surface area contributed by atoms with E-state index in [9.17, 15) is 9.59 Å². The minimum atomic E-state index is -0.0738. The van der Waals surface area contributed by atoms with Gasteiger partial charge in [-0.05, 0) is 31.7 Å². The van der Waals surface area contributed by atoms with E-state index in [1.54, 1.807) is 17.2 Å². The van der Waals surface area contributed by atoms with E-state index in [1.165, 1.54) is 25.4 Å². The van der Waals surface area contributed by atoms with Crippen molar-refractivity contribution >= 4 is 17.6 Å². The molecule has 1 aliphatic carbocycles. The molecule has 2 aromatic heterocycles. The number of rotatable bonds is 4. The van der Waals surface area contributed by atoms with Crippen LogP contribution in [0, 0.1) is 5.92 Å². The van der Waals surface area contributed by atoms with Crippen LogP contribution < -0.4 is 5.32 Å². The smallest absolute Gasteiger partial charge is 0.257 e. The maximum atomic E-state index is 12.7. The summed E-state index contributed by atoms with van der Waals surface area (Å²) in [5.74, 6) is 0.714. The summed E-state index contributed by atoms with van der Waals surface area (Å²) >= 11 is 0. The maximum absolute atomic E-state index is 12.7. The lowest BCUT2D eigenvalue weighted by molar-refractivity contribution is -0.121. The molecule has 26 heavy (non-hydrogen) atoms. The average Bonchev–Trinajstić information content (AvgIpc) is 3.42. The molecule has 2 aliphatic rings. The predicted molar refractivity (Wildman–Crippen MR) is 95.7 cm³/mol. The van der Waals surface area contributed by atoms with Crippen LogP contribution in [0.1, 0.15) is 54.9 Å². The number of carbonyl (C=O) groups excluding carboxylic acids is 2. The van der Waals surface area contributed by atoms with Crippen LogP contribution in [0.4, 0.5) is 5.82 Å². The zero-order chi connectivity index (χ0) is 17.9. The first kappa shape index (κ1) is 16.9. The van der Waals surface area contributed by atoms with E-state index in [4.69, 9.17) is 4.42 Å². The van der Waals surface area contributed by atoms with E-state index >= 15 is 0 Å². The molecule has 0 bridgehead atoms. The van der Waals surface area contributed by atoms with Gasteiger partial charge in [-0.2, -0.15) is 5.10 Å². The summed E-state index contributed by atoms with van der Waals surface area (Å²) < 4.78 is 6.94. The van der Waals surface area contributed by atoms with Crippen molar-refractivity contribution in [1.29, 1.82) is 0 Å². The third-order valence-corrected chi connectivity index (χ3v) is 5.51. The summed E-state index contributed by atoms with van der Waals surface area (Å²) in [6, 6.07) is 3.94. The fourth-order valence-corrected chi connectivity index (χ4v) is 3.99. The highest BCUT2D eigenvalue weighted by atomic mass is 16.3. The van der Waals surface area contributed by atoms with E-state index in [-0.39, 0.29) is 17.7 Å². The Labute approximate surface area is 152 Å². The minimum Gasteiger partial charge on any atom is -0.472 e. The Hall–Kier alpha value is -2.57. The Morgan fingerprint density at radius 3 is 2.58 bits per heavy atom. The van der Waals surface area contributed by atoms with Crippen LogP contribution in [0.15, 0.2) is 35.3 Å². The van der Waals surface area contributed by atoms with Crippen molar-refractivity contribution in [2.75, 3.05) is 18.4 Å². The number of furan rings is 1. The molecule has 0 unspecified atom stereocenters. The molecule has 1 saturated carbocycles. The highest BCUT2D eigenvalue weighted by Crippen LogP contribution is 2.31. The number of amides is 2. The van der Waals surface area contributed by atoms with Gasteiger partial charge in [0.15, 0.2) is 0 Å². The molecule has 0 radical (unpaired) electrons. The molecule has 4 rings (SSSR count). The lowest BCUT2D eigenvalue weighted by Crippen LogP contribution is -2.41. The largest absolute Gasteiger partial charge is 0.472 e. The molecule has 138 valence electrons. The number of nitrogens with one attached hydrogen (secondary N) is 1. The highest BCUT2D eigenvalue weighted by Gasteiger charge is 2.29. The van der Waals surface area contributed by atoms with Crippen LogP contribution in [-0.2, 0) is 4.79 Å². The number of carbonyl (C=O) groups is 2.